The summed E-state index contributed by atoms with van der Waals surface area (Å²) in [6, 6.07) is 12.1. The molecule has 2 saturated heterocycles. The van der Waals surface area contributed by atoms with Gasteiger partial charge in [-0.2, -0.15) is 0 Å². The van der Waals surface area contributed by atoms with Gasteiger partial charge in [0.05, 0.1) is 57.5 Å². The number of aromatic nitrogens is 2. The van der Waals surface area contributed by atoms with Gasteiger partial charge in [0.2, 0.25) is 11.8 Å². The number of benzene rings is 2. The van der Waals surface area contributed by atoms with Crippen molar-refractivity contribution in [2.45, 2.75) is 193 Å². The lowest BCUT2D eigenvalue weighted by atomic mass is 9.72. The monoisotopic (exact) mass is 1210 g/mol. The molecule has 4 aliphatic heterocycles. The zero-order valence-corrected chi connectivity index (χ0v) is 51.3. The van der Waals surface area contributed by atoms with Gasteiger partial charge in [-0.15, -0.1) is 0 Å². The number of hydrogen-bond donors (Lipinski definition) is 8. The van der Waals surface area contributed by atoms with Gasteiger partial charge in [0.25, 0.3) is 23.6 Å². The number of cyclic esters (lactones) is 2. The first-order valence-electron chi connectivity index (χ1n) is 31.4. The molecule has 0 radical (unpaired) electrons. The first-order chi connectivity index (χ1) is 42.0. The van der Waals surface area contributed by atoms with Gasteiger partial charge in [0.1, 0.15) is 24.2 Å². The molecule has 8 N–H and O–H groups in total. The van der Waals surface area contributed by atoms with Gasteiger partial charge in [-0.1, -0.05) is 75.4 Å². The number of carbonyl (C=O) groups is 8. The minimum atomic E-state index is -1.50. The second-order valence-electron chi connectivity index (χ2n) is 25.7. The highest BCUT2D eigenvalue weighted by molar-refractivity contribution is 5.94. The van der Waals surface area contributed by atoms with E-state index < -0.39 is 119 Å². The predicted octanol–water partition coefficient (Wildman–Crippen LogP) is 5.39. The second-order valence-corrected chi connectivity index (χ2v) is 25.7. The van der Waals surface area contributed by atoms with E-state index in [1.807, 2.05) is 61.5 Å². The first kappa shape index (κ1) is 63.4. The molecule has 2 saturated carbocycles. The summed E-state index contributed by atoms with van der Waals surface area (Å²) in [6.45, 7) is 12.5. The lowest BCUT2D eigenvalue weighted by Crippen LogP contribution is -2.61. The van der Waals surface area contributed by atoms with E-state index in [0.717, 1.165) is 10.9 Å². The number of hydrogen-bond acceptors (Lipinski definition) is 16. The van der Waals surface area contributed by atoms with E-state index in [4.69, 9.17) is 19.4 Å². The van der Waals surface area contributed by atoms with Crippen molar-refractivity contribution in [1.29, 1.82) is 0 Å². The van der Waals surface area contributed by atoms with Crippen molar-refractivity contribution >= 4 is 81.3 Å². The SMILES string of the molecule is CC(Cc1cc2cc3nc(ccc13)[C@@H](C)NC(=O)[C@@H]1CCCN(N1)C(=O)[C@H](C)NC(=O)[C@@H](C(C)C)OC(=O)C1(C=C2)CCC(O)CC1)[C@@H]1OC(=O)C2(/C=C/c3ccc4ccc(nc4c3)[C@@H](C)NC(=O)[C@@H]3CCCN(N3)C(=O)[C@H](C)NC1=O)CCC(O)CC2. The Morgan fingerprint density at radius 2 is 1.00 bits per heavy atom. The van der Waals surface area contributed by atoms with Crippen molar-refractivity contribution in [2.75, 3.05) is 13.1 Å². The molecular weight excluding hydrogens is 1120 g/mol. The third-order valence-corrected chi connectivity index (χ3v) is 18.6. The number of rotatable bonds is 4. The maximum absolute atomic E-state index is 15.3. The number of fused-ring (bicyclic) bond motifs is 8. The fourth-order valence-electron chi connectivity index (χ4n) is 13.0. The average Bonchev–Trinajstić information content (AvgIpc) is 2.08. The number of aliphatic hydroxyl groups is 2. The van der Waals surface area contributed by atoms with Crippen LogP contribution < -0.4 is 32.1 Å². The highest BCUT2D eigenvalue weighted by Crippen LogP contribution is 2.43. The molecule has 9 atom stereocenters. The van der Waals surface area contributed by atoms with Crippen molar-refractivity contribution in [1.82, 2.24) is 52.1 Å². The second kappa shape index (κ2) is 26.6. The number of esters is 2. The fraction of sp³-hybridized carbons (Fsp3) is 0.545. The van der Waals surface area contributed by atoms with E-state index in [-0.39, 0.29) is 69.8 Å². The highest BCUT2D eigenvalue weighted by atomic mass is 16.6. The Morgan fingerprint density at radius 1 is 0.545 bits per heavy atom. The van der Waals surface area contributed by atoms with Crippen LogP contribution in [0.4, 0.5) is 0 Å². The number of amides is 6. The molecule has 470 valence electrons. The van der Waals surface area contributed by atoms with Gasteiger partial charge in [0.15, 0.2) is 12.2 Å². The molecule has 10 bridgehead atoms. The van der Waals surface area contributed by atoms with Gasteiger partial charge in [-0.3, -0.25) is 58.3 Å². The first-order valence-corrected chi connectivity index (χ1v) is 31.4. The maximum Gasteiger partial charge on any atom is 0.316 e. The largest absolute Gasteiger partial charge is 0.451 e. The molecule has 2 aliphatic carbocycles. The average molecular weight is 1210 g/mol. The Morgan fingerprint density at radius 3 is 1.53 bits per heavy atom. The van der Waals surface area contributed by atoms with Crippen LogP contribution >= 0.6 is 0 Å². The van der Waals surface area contributed by atoms with Crippen molar-refractivity contribution < 1.29 is 58.0 Å². The molecule has 88 heavy (non-hydrogen) atoms. The van der Waals surface area contributed by atoms with E-state index in [2.05, 4.69) is 32.1 Å². The number of carbonyl (C=O) groups excluding carboxylic acids is 8. The molecule has 1 unspecified atom stereocenters. The molecular formula is C66H84N10O12. The topological polar surface area (TPSA) is 300 Å². The van der Waals surface area contributed by atoms with Crippen molar-refractivity contribution in [3.8, 4) is 0 Å². The number of ether oxygens (including phenoxy) is 2. The Labute approximate surface area is 512 Å². The van der Waals surface area contributed by atoms with Gasteiger partial charge in [0, 0.05) is 29.8 Å². The van der Waals surface area contributed by atoms with Crippen LogP contribution in [-0.4, -0.2) is 139 Å². The van der Waals surface area contributed by atoms with E-state index in [1.165, 1.54) is 23.9 Å². The number of pyridine rings is 2. The van der Waals surface area contributed by atoms with Gasteiger partial charge >= 0.3 is 11.9 Å². The summed E-state index contributed by atoms with van der Waals surface area (Å²) in [4.78, 5) is 125. The molecule has 4 fully saturated rings. The summed E-state index contributed by atoms with van der Waals surface area (Å²) < 4.78 is 12.7. The van der Waals surface area contributed by atoms with Gasteiger partial charge in [-0.25, -0.2) is 10.9 Å². The van der Waals surface area contributed by atoms with Crippen LogP contribution in [0.3, 0.4) is 0 Å². The zero-order valence-electron chi connectivity index (χ0n) is 51.3. The number of aliphatic hydroxyl groups excluding tert-OH is 2. The summed E-state index contributed by atoms with van der Waals surface area (Å²) in [5, 5.41) is 37.6. The number of nitrogens with one attached hydrogen (secondary N) is 6. The molecule has 2 spiro atoms. The van der Waals surface area contributed by atoms with E-state index >= 15 is 9.59 Å². The molecule has 6 heterocycles. The summed E-state index contributed by atoms with van der Waals surface area (Å²) in [5.74, 6) is -5.70. The van der Waals surface area contributed by atoms with Crippen LogP contribution in [0.1, 0.15) is 166 Å². The third-order valence-electron chi connectivity index (χ3n) is 18.6. The quantitative estimate of drug-likeness (QED) is 0.119. The number of nitrogens with zero attached hydrogens (tertiary/aromatic N) is 4. The van der Waals surface area contributed by atoms with Crippen molar-refractivity contribution in [3.63, 3.8) is 0 Å². The molecule has 2 aromatic carbocycles. The lowest BCUT2D eigenvalue weighted by Gasteiger charge is -2.37. The highest BCUT2D eigenvalue weighted by Gasteiger charge is 2.46. The molecule has 2 aromatic heterocycles. The molecule has 22 nitrogen and oxygen atoms in total. The molecule has 6 aliphatic rings. The summed E-state index contributed by atoms with van der Waals surface area (Å²) >= 11 is 0. The summed E-state index contributed by atoms with van der Waals surface area (Å²) in [7, 11) is 0. The van der Waals surface area contributed by atoms with Gasteiger partial charge < -0.3 is 41.0 Å². The maximum atomic E-state index is 15.3. The van der Waals surface area contributed by atoms with E-state index in [1.54, 1.807) is 52.0 Å². The van der Waals surface area contributed by atoms with Crippen LogP contribution in [0.2, 0.25) is 0 Å². The van der Waals surface area contributed by atoms with Crippen LogP contribution in [0.25, 0.3) is 34.0 Å². The summed E-state index contributed by atoms with van der Waals surface area (Å²) in [5.41, 5.74) is 7.88. The van der Waals surface area contributed by atoms with Crippen molar-refractivity contribution in [3.05, 3.63) is 94.8 Å². The fourth-order valence-corrected chi connectivity index (χ4v) is 13.0. The normalized spacial score (nSPS) is 31.7. The Balaban J connectivity index is 1.04. The van der Waals surface area contributed by atoms with E-state index in [0.29, 0.717) is 77.5 Å². The minimum Gasteiger partial charge on any atom is -0.451 e. The molecule has 6 amide bonds. The number of hydrazine groups is 2. The summed E-state index contributed by atoms with van der Waals surface area (Å²) in [6.07, 6.45) is 7.01. The van der Waals surface area contributed by atoms with Crippen LogP contribution in [0, 0.1) is 22.7 Å². The smallest absolute Gasteiger partial charge is 0.316 e. The Hall–Kier alpha value is -7.66. The Bertz CT molecular complexity index is 3410. The third kappa shape index (κ3) is 13.9. The Kier molecular flexibility index (Phi) is 19.1. The lowest BCUT2D eigenvalue weighted by molar-refractivity contribution is -0.169. The van der Waals surface area contributed by atoms with E-state index in [9.17, 15) is 39.0 Å². The molecule has 22 heteroatoms. The molecule has 10 rings (SSSR count). The van der Waals surface area contributed by atoms with Crippen LogP contribution in [-0.2, 0) is 54.3 Å². The zero-order chi connectivity index (χ0) is 62.8. The van der Waals surface area contributed by atoms with Crippen LogP contribution in [0.5, 0.6) is 0 Å². The predicted molar refractivity (Wildman–Crippen MR) is 327 cm³/mol. The van der Waals surface area contributed by atoms with Crippen LogP contribution in [0.15, 0.2) is 66.7 Å². The minimum absolute atomic E-state index is 0.0985. The standard InChI is InChI=1S/C66H84N10O12/c1-36(2)55-59(81)69-40(6)61(83)75-30-8-11-52(73-75)58(80)68-39(5)50-17-15-48-45(33-43(35-54(48)72-50)19-25-66(63(85)87-55)28-22-47(78)23-29-66)32-37(3)56-60(82)70-41(7)62(84)76-31-9-10-51(74-76)57(79)67-38(4)49-16-14-44-13-12-42(34-53(44)71-49)18-24-65(64(86)88-56)26-20-46(77)21-27-65/h12-19,24-25,33-41,46-47,51-52,55-56,73-74,77-78H,8-11,20-23,26-32H2,1-7H3,(H,67,79)(H,68,80)(H,69,81)(H,70,82)/b24-18+,25-19?/t37?,38-,39-,40+,41+,46?,47?,51+,52+,55-,56+,65?,66?/m1/s1. The van der Waals surface area contributed by atoms with Crippen molar-refractivity contribution in [2.24, 2.45) is 22.7 Å². The molecule has 4 aromatic rings. The van der Waals surface area contributed by atoms with Gasteiger partial charge in [-0.05, 0) is 158 Å².